The summed E-state index contributed by atoms with van der Waals surface area (Å²) in [6.07, 6.45) is 0. The number of nitrogens with zero attached hydrogens (tertiary/aromatic N) is 4. The van der Waals surface area contributed by atoms with Gasteiger partial charge in [-0.25, -0.2) is 13.1 Å². The van der Waals surface area contributed by atoms with E-state index in [1.807, 2.05) is 19.1 Å². The quantitative estimate of drug-likeness (QED) is 0.813. The number of sulfone groups is 1. The first-order valence-corrected chi connectivity index (χ1v) is 8.09. The standard InChI is InChI=1S/C12H17N5O2S/c1-3-20(18,19)8-7-17-12(14-15-16-17)10-5-4-6-11(13)9(10)2/h4-6H,3,7-8,13H2,1-2H3. The fourth-order valence-corrected chi connectivity index (χ4v) is 2.55. The summed E-state index contributed by atoms with van der Waals surface area (Å²) in [7, 11) is -3.05. The van der Waals surface area contributed by atoms with Crippen molar-refractivity contribution in [1.82, 2.24) is 20.2 Å². The summed E-state index contributed by atoms with van der Waals surface area (Å²) in [5.74, 6) is 0.658. The van der Waals surface area contributed by atoms with E-state index in [0.717, 1.165) is 11.1 Å². The normalized spacial score (nSPS) is 11.7. The predicted molar refractivity (Wildman–Crippen MR) is 76.7 cm³/mol. The van der Waals surface area contributed by atoms with Gasteiger partial charge in [0.05, 0.1) is 12.3 Å². The van der Waals surface area contributed by atoms with Crippen LogP contribution in [-0.4, -0.2) is 40.1 Å². The van der Waals surface area contributed by atoms with Gasteiger partial charge in [0.2, 0.25) is 0 Å². The third-order valence-electron chi connectivity index (χ3n) is 3.20. The Morgan fingerprint density at radius 3 is 2.80 bits per heavy atom. The first kappa shape index (κ1) is 14.4. The van der Waals surface area contributed by atoms with Gasteiger partial charge in [0.1, 0.15) is 0 Å². The third-order valence-corrected chi connectivity index (χ3v) is 4.89. The summed E-state index contributed by atoms with van der Waals surface area (Å²) in [6.45, 7) is 3.73. The van der Waals surface area contributed by atoms with Crippen molar-refractivity contribution < 1.29 is 8.42 Å². The molecule has 0 radical (unpaired) electrons. The van der Waals surface area contributed by atoms with Crippen molar-refractivity contribution in [2.75, 3.05) is 17.2 Å². The van der Waals surface area contributed by atoms with Crippen LogP contribution in [0.25, 0.3) is 11.4 Å². The van der Waals surface area contributed by atoms with Gasteiger partial charge in [0.15, 0.2) is 15.7 Å². The summed E-state index contributed by atoms with van der Waals surface area (Å²) < 4.78 is 24.6. The number of hydrogen-bond donors (Lipinski definition) is 1. The Labute approximate surface area is 117 Å². The molecule has 0 saturated heterocycles. The van der Waals surface area contributed by atoms with E-state index in [4.69, 9.17) is 5.73 Å². The van der Waals surface area contributed by atoms with Crippen LogP contribution in [0.2, 0.25) is 0 Å². The molecule has 0 aliphatic carbocycles. The van der Waals surface area contributed by atoms with Crippen molar-refractivity contribution in [3.05, 3.63) is 23.8 Å². The van der Waals surface area contributed by atoms with Crippen molar-refractivity contribution in [3.8, 4) is 11.4 Å². The molecule has 2 aromatic rings. The second-order valence-corrected chi connectivity index (χ2v) is 6.95. The Bertz CT molecular complexity index is 708. The predicted octanol–water partition coefficient (Wildman–Crippen LogP) is 0.665. The van der Waals surface area contributed by atoms with Crippen molar-refractivity contribution >= 4 is 15.5 Å². The van der Waals surface area contributed by atoms with Crippen LogP contribution in [0.4, 0.5) is 5.69 Å². The second kappa shape index (κ2) is 5.58. The van der Waals surface area contributed by atoms with Gasteiger partial charge in [-0.05, 0) is 29.0 Å². The average Bonchev–Trinajstić information content (AvgIpc) is 2.88. The molecule has 0 unspecified atom stereocenters. The maximum Gasteiger partial charge on any atom is 0.182 e. The number of tetrazole rings is 1. The highest BCUT2D eigenvalue weighted by Gasteiger charge is 2.15. The number of benzene rings is 1. The Kier molecular flexibility index (Phi) is 4.03. The maximum absolute atomic E-state index is 11.6. The molecule has 0 bridgehead atoms. The highest BCUT2D eigenvalue weighted by molar-refractivity contribution is 7.91. The molecule has 1 aromatic heterocycles. The Morgan fingerprint density at radius 1 is 1.35 bits per heavy atom. The average molecular weight is 295 g/mol. The molecule has 2 N–H and O–H groups in total. The van der Waals surface area contributed by atoms with Crippen LogP contribution in [0.5, 0.6) is 0 Å². The summed E-state index contributed by atoms with van der Waals surface area (Å²) in [5, 5.41) is 11.4. The fraction of sp³-hybridized carbons (Fsp3) is 0.417. The van der Waals surface area contributed by atoms with E-state index in [1.165, 1.54) is 4.68 Å². The van der Waals surface area contributed by atoms with Crippen molar-refractivity contribution in [1.29, 1.82) is 0 Å². The number of anilines is 1. The molecule has 0 amide bonds. The molecule has 1 heterocycles. The zero-order valence-electron chi connectivity index (χ0n) is 11.4. The topological polar surface area (TPSA) is 104 Å². The monoisotopic (exact) mass is 295 g/mol. The number of nitrogens with two attached hydrogens (primary N) is 1. The largest absolute Gasteiger partial charge is 0.398 e. The highest BCUT2D eigenvalue weighted by atomic mass is 32.2. The number of hydrogen-bond acceptors (Lipinski definition) is 6. The molecule has 0 aliphatic heterocycles. The molecule has 0 atom stereocenters. The minimum atomic E-state index is -3.05. The Morgan fingerprint density at radius 2 is 2.10 bits per heavy atom. The van der Waals surface area contributed by atoms with Crippen LogP contribution >= 0.6 is 0 Å². The van der Waals surface area contributed by atoms with Crippen molar-refractivity contribution in [2.45, 2.75) is 20.4 Å². The number of nitrogen functional groups attached to an aromatic ring is 1. The molecular weight excluding hydrogens is 278 g/mol. The molecule has 0 fully saturated rings. The lowest BCUT2D eigenvalue weighted by molar-refractivity contribution is 0.577. The minimum absolute atomic E-state index is 0.0168. The fourth-order valence-electron chi connectivity index (χ4n) is 1.81. The molecule has 0 aliphatic rings. The Hall–Kier alpha value is -1.96. The maximum atomic E-state index is 11.6. The van der Waals surface area contributed by atoms with E-state index in [1.54, 1.807) is 13.0 Å². The molecule has 0 saturated carbocycles. The lowest BCUT2D eigenvalue weighted by atomic mass is 10.1. The molecule has 2 rings (SSSR count). The molecule has 7 nitrogen and oxygen atoms in total. The lowest BCUT2D eigenvalue weighted by Crippen LogP contribution is -2.16. The number of aromatic nitrogens is 4. The SMILES string of the molecule is CCS(=O)(=O)CCn1nnnc1-c1cccc(N)c1C. The second-order valence-electron chi connectivity index (χ2n) is 4.48. The Balaban J connectivity index is 2.32. The van der Waals surface area contributed by atoms with E-state index < -0.39 is 9.84 Å². The van der Waals surface area contributed by atoms with Crippen LogP contribution in [0.15, 0.2) is 18.2 Å². The molecular formula is C12H17N5O2S. The molecule has 0 spiro atoms. The van der Waals surface area contributed by atoms with Crippen LogP contribution in [0.1, 0.15) is 12.5 Å². The summed E-state index contributed by atoms with van der Waals surface area (Å²) in [4.78, 5) is 0. The first-order chi connectivity index (χ1) is 9.44. The molecule has 8 heteroatoms. The third kappa shape index (κ3) is 2.96. The van der Waals surface area contributed by atoms with Gasteiger partial charge < -0.3 is 5.73 Å². The van der Waals surface area contributed by atoms with Gasteiger partial charge in [-0.3, -0.25) is 0 Å². The zero-order valence-corrected chi connectivity index (χ0v) is 12.3. The number of rotatable bonds is 5. The summed E-state index contributed by atoms with van der Waals surface area (Å²) >= 11 is 0. The zero-order chi connectivity index (χ0) is 14.8. The minimum Gasteiger partial charge on any atom is -0.398 e. The van der Waals surface area contributed by atoms with Crippen LogP contribution in [-0.2, 0) is 16.4 Å². The van der Waals surface area contributed by atoms with Gasteiger partial charge >= 0.3 is 0 Å². The summed E-state index contributed by atoms with van der Waals surface area (Å²) in [5.41, 5.74) is 8.20. The molecule has 20 heavy (non-hydrogen) atoms. The van der Waals surface area contributed by atoms with E-state index in [2.05, 4.69) is 15.5 Å². The summed E-state index contributed by atoms with van der Waals surface area (Å²) in [6, 6.07) is 5.48. The van der Waals surface area contributed by atoms with E-state index in [0.29, 0.717) is 11.5 Å². The van der Waals surface area contributed by atoms with Crippen LogP contribution in [0.3, 0.4) is 0 Å². The van der Waals surface area contributed by atoms with Gasteiger partial charge in [0.25, 0.3) is 0 Å². The van der Waals surface area contributed by atoms with E-state index >= 15 is 0 Å². The van der Waals surface area contributed by atoms with Crippen molar-refractivity contribution in [3.63, 3.8) is 0 Å². The smallest absolute Gasteiger partial charge is 0.182 e. The van der Waals surface area contributed by atoms with Gasteiger partial charge in [0, 0.05) is 17.0 Å². The molecule has 108 valence electrons. The van der Waals surface area contributed by atoms with Crippen LogP contribution < -0.4 is 5.73 Å². The van der Waals surface area contributed by atoms with Gasteiger partial charge in [-0.2, -0.15) is 0 Å². The van der Waals surface area contributed by atoms with Crippen LogP contribution in [0, 0.1) is 6.92 Å². The lowest BCUT2D eigenvalue weighted by Gasteiger charge is -2.08. The first-order valence-electron chi connectivity index (χ1n) is 6.26. The van der Waals surface area contributed by atoms with Gasteiger partial charge in [-0.1, -0.05) is 19.1 Å². The number of aryl methyl sites for hydroxylation is 1. The highest BCUT2D eigenvalue weighted by Crippen LogP contribution is 2.24. The van der Waals surface area contributed by atoms with Gasteiger partial charge in [-0.15, -0.1) is 5.10 Å². The van der Waals surface area contributed by atoms with E-state index in [-0.39, 0.29) is 18.1 Å². The molecule has 1 aromatic carbocycles. The van der Waals surface area contributed by atoms with E-state index in [9.17, 15) is 8.42 Å². The van der Waals surface area contributed by atoms with Crippen molar-refractivity contribution in [2.24, 2.45) is 0 Å².